The monoisotopic (exact) mass is 337 g/mol. The van der Waals surface area contributed by atoms with Gasteiger partial charge in [0.15, 0.2) is 0 Å². The van der Waals surface area contributed by atoms with E-state index in [4.69, 9.17) is 0 Å². The standard InChI is InChI=1S/C12H17BrFNO2S/c1-4-7-15(9(2)3)18(16,17)12-6-5-10(13)8-11(12)14/h5-6,8-9H,4,7H2,1-3H3. The second-order valence-corrected chi connectivity index (χ2v) is 7.06. The van der Waals surface area contributed by atoms with Gasteiger partial charge in [-0.1, -0.05) is 22.9 Å². The fourth-order valence-corrected chi connectivity index (χ4v) is 3.80. The fraction of sp³-hybridized carbons (Fsp3) is 0.500. The molecule has 0 fully saturated rings. The zero-order valence-corrected chi connectivity index (χ0v) is 13.1. The zero-order chi connectivity index (χ0) is 13.9. The van der Waals surface area contributed by atoms with Gasteiger partial charge in [-0.15, -0.1) is 0 Å². The molecule has 0 saturated heterocycles. The maximum absolute atomic E-state index is 13.8. The van der Waals surface area contributed by atoms with Crippen molar-refractivity contribution in [2.75, 3.05) is 6.54 Å². The van der Waals surface area contributed by atoms with Gasteiger partial charge in [0.05, 0.1) is 0 Å². The highest BCUT2D eigenvalue weighted by Gasteiger charge is 2.28. The van der Waals surface area contributed by atoms with Crippen molar-refractivity contribution in [3.63, 3.8) is 0 Å². The lowest BCUT2D eigenvalue weighted by Gasteiger charge is -2.25. The number of hydrogen-bond acceptors (Lipinski definition) is 2. The molecule has 0 spiro atoms. The van der Waals surface area contributed by atoms with Crippen molar-refractivity contribution in [3.05, 3.63) is 28.5 Å². The van der Waals surface area contributed by atoms with Crippen molar-refractivity contribution in [2.45, 2.75) is 38.1 Å². The summed E-state index contributed by atoms with van der Waals surface area (Å²) >= 11 is 3.11. The molecule has 0 aliphatic carbocycles. The largest absolute Gasteiger partial charge is 0.246 e. The van der Waals surface area contributed by atoms with Crippen molar-refractivity contribution in [1.82, 2.24) is 4.31 Å². The van der Waals surface area contributed by atoms with Gasteiger partial charge in [0.1, 0.15) is 10.7 Å². The molecule has 0 aliphatic heterocycles. The summed E-state index contributed by atoms with van der Waals surface area (Å²) in [6.45, 7) is 5.84. The Labute approximate surface area is 116 Å². The molecule has 3 nitrogen and oxygen atoms in total. The normalized spacial score (nSPS) is 12.4. The summed E-state index contributed by atoms with van der Waals surface area (Å²) in [5.74, 6) is -0.730. The van der Waals surface area contributed by atoms with Crippen molar-refractivity contribution >= 4 is 26.0 Å². The minimum atomic E-state index is -3.77. The Morgan fingerprint density at radius 2 is 2.00 bits per heavy atom. The van der Waals surface area contributed by atoms with Gasteiger partial charge in [0.2, 0.25) is 10.0 Å². The summed E-state index contributed by atoms with van der Waals surface area (Å²) in [6, 6.07) is 3.79. The molecule has 6 heteroatoms. The minimum absolute atomic E-state index is 0.196. The van der Waals surface area contributed by atoms with Crippen LogP contribution < -0.4 is 0 Å². The predicted molar refractivity (Wildman–Crippen MR) is 73.4 cm³/mol. The van der Waals surface area contributed by atoms with E-state index in [9.17, 15) is 12.8 Å². The van der Waals surface area contributed by atoms with E-state index in [0.29, 0.717) is 17.4 Å². The smallest absolute Gasteiger partial charge is 0.207 e. The van der Waals surface area contributed by atoms with E-state index in [-0.39, 0.29) is 10.9 Å². The first-order chi connectivity index (χ1) is 8.30. The molecule has 0 bridgehead atoms. The van der Waals surface area contributed by atoms with Gasteiger partial charge in [0, 0.05) is 17.1 Å². The molecule has 0 amide bonds. The van der Waals surface area contributed by atoms with E-state index in [1.54, 1.807) is 13.8 Å². The van der Waals surface area contributed by atoms with Crippen LogP contribution in [0.15, 0.2) is 27.6 Å². The SMILES string of the molecule is CCCN(C(C)C)S(=O)(=O)c1ccc(Br)cc1F. The minimum Gasteiger partial charge on any atom is -0.207 e. The van der Waals surface area contributed by atoms with Crippen LogP contribution in [0.2, 0.25) is 0 Å². The van der Waals surface area contributed by atoms with E-state index >= 15 is 0 Å². The summed E-state index contributed by atoms with van der Waals surface area (Å²) in [7, 11) is -3.77. The van der Waals surface area contributed by atoms with Crippen LogP contribution in [0, 0.1) is 5.82 Å². The second-order valence-electron chi connectivity index (χ2n) is 4.28. The van der Waals surface area contributed by atoms with Gasteiger partial charge in [-0.3, -0.25) is 0 Å². The van der Waals surface area contributed by atoms with Crippen LogP contribution in [-0.4, -0.2) is 25.3 Å². The molecule has 0 N–H and O–H groups in total. The average Bonchev–Trinajstić information content (AvgIpc) is 2.24. The van der Waals surface area contributed by atoms with Crippen molar-refractivity contribution in [1.29, 1.82) is 0 Å². The number of sulfonamides is 1. The van der Waals surface area contributed by atoms with E-state index in [2.05, 4.69) is 15.9 Å². The number of halogens is 2. The topological polar surface area (TPSA) is 37.4 Å². The summed E-state index contributed by atoms with van der Waals surface area (Å²) in [4.78, 5) is -0.271. The summed E-state index contributed by atoms with van der Waals surface area (Å²) in [6.07, 6.45) is 0.690. The first kappa shape index (κ1) is 15.6. The van der Waals surface area contributed by atoms with E-state index < -0.39 is 15.8 Å². The molecule has 1 aromatic rings. The van der Waals surface area contributed by atoms with Crippen molar-refractivity contribution in [3.8, 4) is 0 Å². The Bertz CT molecular complexity index is 517. The lowest BCUT2D eigenvalue weighted by Crippen LogP contribution is -2.37. The maximum Gasteiger partial charge on any atom is 0.246 e. The Morgan fingerprint density at radius 3 is 2.44 bits per heavy atom. The molecule has 102 valence electrons. The molecular weight excluding hydrogens is 321 g/mol. The third-order valence-corrected chi connectivity index (χ3v) is 5.10. The van der Waals surface area contributed by atoms with Gasteiger partial charge in [-0.05, 0) is 38.5 Å². The molecule has 0 atom stereocenters. The highest BCUT2D eigenvalue weighted by molar-refractivity contribution is 9.10. The van der Waals surface area contributed by atoms with Gasteiger partial charge >= 0.3 is 0 Å². The van der Waals surface area contributed by atoms with Crippen LogP contribution >= 0.6 is 15.9 Å². The molecular formula is C12H17BrFNO2S. The first-order valence-corrected chi connectivity index (χ1v) is 8.01. The van der Waals surface area contributed by atoms with Crippen LogP contribution in [0.25, 0.3) is 0 Å². The van der Waals surface area contributed by atoms with E-state index in [0.717, 1.165) is 6.07 Å². The van der Waals surface area contributed by atoms with Crippen LogP contribution in [0.5, 0.6) is 0 Å². The molecule has 18 heavy (non-hydrogen) atoms. The quantitative estimate of drug-likeness (QED) is 0.825. The number of rotatable bonds is 5. The molecule has 1 rings (SSSR count). The van der Waals surface area contributed by atoms with E-state index in [1.165, 1.54) is 16.4 Å². The first-order valence-electron chi connectivity index (χ1n) is 5.77. The number of nitrogens with zero attached hydrogens (tertiary/aromatic N) is 1. The maximum atomic E-state index is 13.8. The van der Waals surface area contributed by atoms with Crippen LogP contribution in [0.3, 0.4) is 0 Å². The van der Waals surface area contributed by atoms with Gasteiger partial charge in [-0.2, -0.15) is 4.31 Å². The van der Waals surface area contributed by atoms with Crippen molar-refractivity contribution in [2.24, 2.45) is 0 Å². The third kappa shape index (κ3) is 3.30. The Hall–Kier alpha value is -0.460. The van der Waals surface area contributed by atoms with Gasteiger partial charge in [-0.25, -0.2) is 12.8 Å². The molecule has 0 saturated carbocycles. The highest BCUT2D eigenvalue weighted by atomic mass is 79.9. The molecule has 0 unspecified atom stereocenters. The van der Waals surface area contributed by atoms with E-state index in [1.807, 2.05) is 6.92 Å². The van der Waals surface area contributed by atoms with Crippen molar-refractivity contribution < 1.29 is 12.8 Å². The number of benzene rings is 1. The predicted octanol–water partition coefficient (Wildman–Crippen LogP) is 3.40. The lowest BCUT2D eigenvalue weighted by atomic mass is 10.3. The molecule has 0 aromatic heterocycles. The van der Waals surface area contributed by atoms with Crippen LogP contribution in [0.4, 0.5) is 4.39 Å². The van der Waals surface area contributed by atoms with Gasteiger partial charge < -0.3 is 0 Å². The highest BCUT2D eigenvalue weighted by Crippen LogP contribution is 2.24. The number of hydrogen-bond donors (Lipinski definition) is 0. The molecule has 1 aromatic carbocycles. The third-order valence-electron chi connectivity index (χ3n) is 2.50. The summed E-state index contributed by atoms with van der Waals surface area (Å²) in [5, 5.41) is 0. The Kier molecular flexibility index (Phi) is 5.31. The summed E-state index contributed by atoms with van der Waals surface area (Å²) < 4.78 is 40.3. The molecule has 0 heterocycles. The fourth-order valence-electron chi connectivity index (χ4n) is 1.69. The van der Waals surface area contributed by atoms with Crippen LogP contribution in [-0.2, 0) is 10.0 Å². The Morgan fingerprint density at radius 1 is 1.39 bits per heavy atom. The summed E-state index contributed by atoms with van der Waals surface area (Å²) in [5.41, 5.74) is 0. The zero-order valence-electron chi connectivity index (χ0n) is 10.7. The van der Waals surface area contributed by atoms with Crippen LogP contribution in [0.1, 0.15) is 27.2 Å². The average molecular weight is 338 g/mol. The van der Waals surface area contributed by atoms with Gasteiger partial charge in [0.25, 0.3) is 0 Å². The molecule has 0 aliphatic rings. The Balaban J connectivity index is 3.26. The second kappa shape index (κ2) is 6.12. The lowest BCUT2D eigenvalue weighted by molar-refractivity contribution is 0.352. The molecule has 0 radical (unpaired) electrons.